The van der Waals surface area contributed by atoms with Gasteiger partial charge in [-0.1, -0.05) is 29.3 Å². The molecule has 1 N–H and O–H groups in total. The van der Waals surface area contributed by atoms with Gasteiger partial charge in [-0.25, -0.2) is 13.1 Å². The number of thiophene rings is 1. The van der Waals surface area contributed by atoms with Crippen LogP contribution in [0.3, 0.4) is 0 Å². The Hall–Kier alpha value is -0.710. The van der Waals surface area contributed by atoms with Crippen LogP contribution in [0.5, 0.6) is 0 Å². The topological polar surface area (TPSA) is 61.9 Å². The lowest BCUT2D eigenvalue weighted by molar-refractivity contribution is 0.0622. The van der Waals surface area contributed by atoms with Gasteiger partial charge < -0.3 is 9.64 Å². The lowest BCUT2D eigenvalue weighted by atomic mass is 9.89. The molecule has 0 amide bonds. The standard InChI is InChI=1S/C26H37Cl2N3O3S2/c1-36(32,33)29-8-2-11-34-18-20-5-9-30(10-6-20)15-23-16-31(17-25(23)22-7-12-35-19-22)14-21-3-4-24(27)13-26(21)28/h3-4,7,12-13,19-20,23,25,29H,2,5-6,8-11,14-18H2,1H3/t23-,25+/m0/s1. The lowest BCUT2D eigenvalue weighted by Gasteiger charge is -2.34. The minimum atomic E-state index is -3.11. The third kappa shape index (κ3) is 8.67. The molecule has 2 aliphatic heterocycles. The molecule has 0 bridgehead atoms. The number of piperidine rings is 1. The number of nitrogens with zero attached hydrogens (tertiary/aromatic N) is 2. The zero-order chi connectivity index (χ0) is 25.5. The second kappa shape index (κ2) is 13.4. The van der Waals surface area contributed by atoms with Crippen LogP contribution in [0, 0.1) is 11.8 Å². The number of hydrogen-bond donors (Lipinski definition) is 1. The van der Waals surface area contributed by atoms with Crippen molar-refractivity contribution in [2.24, 2.45) is 11.8 Å². The summed E-state index contributed by atoms with van der Waals surface area (Å²) in [6.07, 6.45) is 4.20. The van der Waals surface area contributed by atoms with Gasteiger partial charge in [0.2, 0.25) is 10.0 Å². The molecule has 200 valence electrons. The first-order valence-corrected chi connectivity index (χ1v) is 16.3. The number of ether oxygens (including phenoxy) is 1. The summed E-state index contributed by atoms with van der Waals surface area (Å²) in [5, 5.41) is 5.92. The van der Waals surface area contributed by atoms with E-state index in [0.717, 1.165) is 69.3 Å². The fraction of sp³-hybridized carbons (Fsp3) is 0.615. The van der Waals surface area contributed by atoms with Crippen LogP contribution in [-0.4, -0.2) is 77.0 Å². The molecule has 2 aliphatic rings. The molecule has 4 rings (SSSR count). The molecule has 3 heterocycles. The number of likely N-dealkylation sites (tertiary alicyclic amines) is 2. The summed E-state index contributed by atoms with van der Waals surface area (Å²) in [5.41, 5.74) is 2.60. The van der Waals surface area contributed by atoms with E-state index in [0.29, 0.717) is 42.3 Å². The Kier molecular flexibility index (Phi) is 10.5. The monoisotopic (exact) mass is 573 g/mol. The highest BCUT2D eigenvalue weighted by Crippen LogP contribution is 2.36. The maximum absolute atomic E-state index is 11.1. The highest BCUT2D eigenvalue weighted by atomic mass is 35.5. The van der Waals surface area contributed by atoms with E-state index in [4.69, 9.17) is 27.9 Å². The number of benzene rings is 1. The Bertz CT molecular complexity index is 1060. The second-order valence-electron chi connectivity index (χ2n) is 10.2. The Morgan fingerprint density at radius 1 is 1.14 bits per heavy atom. The van der Waals surface area contributed by atoms with Gasteiger partial charge in [0.15, 0.2) is 0 Å². The molecule has 6 nitrogen and oxygen atoms in total. The van der Waals surface area contributed by atoms with Gasteiger partial charge in [-0.05, 0) is 84.3 Å². The molecule has 1 aromatic carbocycles. The summed E-state index contributed by atoms with van der Waals surface area (Å²) in [5.74, 6) is 1.73. The van der Waals surface area contributed by atoms with Crippen molar-refractivity contribution < 1.29 is 13.2 Å². The molecule has 0 radical (unpaired) electrons. The van der Waals surface area contributed by atoms with Crippen LogP contribution >= 0.6 is 34.5 Å². The first-order chi connectivity index (χ1) is 17.3. The van der Waals surface area contributed by atoms with Crippen molar-refractivity contribution in [3.63, 3.8) is 0 Å². The molecule has 0 saturated carbocycles. The van der Waals surface area contributed by atoms with E-state index < -0.39 is 10.0 Å². The summed E-state index contributed by atoms with van der Waals surface area (Å²) in [7, 11) is -3.11. The molecule has 0 spiro atoms. The van der Waals surface area contributed by atoms with Crippen molar-refractivity contribution in [2.45, 2.75) is 31.7 Å². The zero-order valence-corrected chi connectivity index (χ0v) is 24.0. The molecule has 0 aliphatic carbocycles. The quantitative estimate of drug-likeness (QED) is 0.364. The first kappa shape index (κ1) is 28.3. The van der Waals surface area contributed by atoms with Gasteiger partial charge in [-0.3, -0.25) is 4.90 Å². The summed E-state index contributed by atoms with van der Waals surface area (Å²) in [6.45, 7) is 8.12. The third-order valence-electron chi connectivity index (χ3n) is 7.28. The summed E-state index contributed by atoms with van der Waals surface area (Å²) >= 11 is 14.4. The zero-order valence-electron chi connectivity index (χ0n) is 20.9. The molecular formula is C26H37Cl2N3O3S2. The SMILES string of the molecule is CS(=O)(=O)NCCCOCC1CCN(C[C@H]2CN(Cc3ccc(Cl)cc3Cl)C[C@@H]2c2ccsc2)CC1. The fourth-order valence-electron chi connectivity index (χ4n) is 5.38. The Labute approximate surface area is 230 Å². The van der Waals surface area contributed by atoms with Gasteiger partial charge in [-0.15, -0.1) is 0 Å². The van der Waals surface area contributed by atoms with E-state index in [1.807, 2.05) is 18.2 Å². The minimum absolute atomic E-state index is 0.436. The molecule has 10 heteroatoms. The van der Waals surface area contributed by atoms with Gasteiger partial charge in [0.1, 0.15) is 0 Å². The van der Waals surface area contributed by atoms with E-state index in [-0.39, 0.29) is 0 Å². The number of halogens is 2. The van der Waals surface area contributed by atoms with Crippen LogP contribution in [0.2, 0.25) is 10.0 Å². The van der Waals surface area contributed by atoms with Crippen LogP contribution in [0.25, 0.3) is 0 Å². The molecule has 1 aromatic heterocycles. The van der Waals surface area contributed by atoms with E-state index in [1.165, 1.54) is 11.8 Å². The van der Waals surface area contributed by atoms with Crippen LogP contribution in [0.15, 0.2) is 35.0 Å². The predicted octanol–water partition coefficient (Wildman–Crippen LogP) is 4.94. The molecule has 2 aromatic rings. The normalized spacial score (nSPS) is 22.4. The minimum Gasteiger partial charge on any atom is -0.381 e. The Balaban J connectivity index is 1.23. The number of rotatable bonds is 12. The molecular weight excluding hydrogens is 537 g/mol. The summed E-state index contributed by atoms with van der Waals surface area (Å²) in [4.78, 5) is 5.18. The van der Waals surface area contributed by atoms with Crippen molar-refractivity contribution in [1.29, 1.82) is 0 Å². The average Bonchev–Trinajstić information content (AvgIpc) is 3.48. The van der Waals surface area contributed by atoms with Crippen LogP contribution in [-0.2, 0) is 21.3 Å². The molecule has 0 unspecified atom stereocenters. The molecule has 2 atom stereocenters. The molecule has 2 fully saturated rings. The Morgan fingerprint density at radius 2 is 1.94 bits per heavy atom. The number of sulfonamides is 1. The molecule has 2 saturated heterocycles. The van der Waals surface area contributed by atoms with Crippen molar-refractivity contribution in [1.82, 2.24) is 14.5 Å². The van der Waals surface area contributed by atoms with Crippen molar-refractivity contribution in [3.05, 3.63) is 56.2 Å². The second-order valence-corrected chi connectivity index (χ2v) is 13.6. The van der Waals surface area contributed by atoms with Crippen LogP contribution in [0.4, 0.5) is 0 Å². The fourth-order valence-corrected chi connectivity index (χ4v) is 7.09. The first-order valence-electron chi connectivity index (χ1n) is 12.7. The van der Waals surface area contributed by atoms with Gasteiger partial charge in [0.25, 0.3) is 0 Å². The molecule has 36 heavy (non-hydrogen) atoms. The summed E-state index contributed by atoms with van der Waals surface area (Å²) in [6, 6.07) is 8.10. The lowest BCUT2D eigenvalue weighted by Crippen LogP contribution is -2.39. The highest BCUT2D eigenvalue weighted by molar-refractivity contribution is 7.88. The summed E-state index contributed by atoms with van der Waals surface area (Å²) < 4.78 is 30.6. The van der Waals surface area contributed by atoms with Crippen molar-refractivity contribution >= 4 is 44.6 Å². The van der Waals surface area contributed by atoms with E-state index >= 15 is 0 Å². The number of nitrogens with one attached hydrogen (secondary N) is 1. The van der Waals surface area contributed by atoms with E-state index in [9.17, 15) is 8.42 Å². The van der Waals surface area contributed by atoms with Gasteiger partial charge in [0.05, 0.1) is 6.26 Å². The predicted molar refractivity (Wildman–Crippen MR) is 150 cm³/mol. The maximum atomic E-state index is 11.1. The maximum Gasteiger partial charge on any atom is 0.208 e. The van der Waals surface area contributed by atoms with Crippen LogP contribution < -0.4 is 4.72 Å². The van der Waals surface area contributed by atoms with Gasteiger partial charge >= 0.3 is 0 Å². The Morgan fingerprint density at radius 3 is 2.64 bits per heavy atom. The highest BCUT2D eigenvalue weighted by Gasteiger charge is 2.36. The smallest absolute Gasteiger partial charge is 0.208 e. The van der Waals surface area contributed by atoms with Crippen molar-refractivity contribution in [3.8, 4) is 0 Å². The van der Waals surface area contributed by atoms with Gasteiger partial charge in [-0.2, -0.15) is 11.3 Å². The van der Waals surface area contributed by atoms with Gasteiger partial charge in [0, 0.05) is 61.9 Å². The number of hydrogen-bond acceptors (Lipinski definition) is 6. The van der Waals surface area contributed by atoms with Crippen LogP contribution in [0.1, 0.15) is 36.3 Å². The van der Waals surface area contributed by atoms with Crippen molar-refractivity contribution in [2.75, 3.05) is 58.7 Å². The third-order valence-corrected chi connectivity index (χ3v) is 9.30. The largest absolute Gasteiger partial charge is 0.381 e. The van der Waals surface area contributed by atoms with E-state index in [2.05, 4.69) is 31.3 Å². The average molecular weight is 575 g/mol. The van der Waals surface area contributed by atoms with E-state index in [1.54, 1.807) is 11.3 Å².